The molecule has 106 valence electrons. The average Bonchev–Trinajstić information content (AvgIpc) is 2.98. The van der Waals surface area contributed by atoms with Crippen molar-refractivity contribution >= 4 is 33.8 Å². The van der Waals surface area contributed by atoms with Crippen molar-refractivity contribution in [3.63, 3.8) is 0 Å². The summed E-state index contributed by atoms with van der Waals surface area (Å²) < 4.78 is 0. The summed E-state index contributed by atoms with van der Waals surface area (Å²) in [7, 11) is 0. The number of anilines is 1. The lowest BCUT2D eigenvalue weighted by Crippen LogP contribution is -2.24. The zero-order chi connectivity index (χ0) is 14.1. The average molecular weight is 308 g/mol. The topological polar surface area (TPSA) is 53.4 Å². The summed E-state index contributed by atoms with van der Waals surface area (Å²) in [6.45, 7) is 2.78. The second kappa shape index (κ2) is 5.54. The molecule has 0 bridgehead atoms. The number of carbonyl (C=O) groups is 1. The minimum absolute atomic E-state index is 0.388. The van der Waals surface area contributed by atoms with Crippen molar-refractivity contribution in [1.82, 2.24) is 4.98 Å². The van der Waals surface area contributed by atoms with E-state index in [1.54, 1.807) is 11.3 Å². The standard InChI is InChI=1S/C14H16N2O2S2/c1-2-11-12(13(17)18)20-14(15-11)16(9-5-6-9)8-10-4-3-7-19-10/h3-4,7,9H,2,5-6,8H2,1H3,(H,17,18). The number of aromatic carboxylic acids is 1. The van der Waals surface area contributed by atoms with E-state index >= 15 is 0 Å². The van der Waals surface area contributed by atoms with Gasteiger partial charge in [-0.1, -0.05) is 24.3 Å². The van der Waals surface area contributed by atoms with Gasteiger partial charge in [-0.25, -0.2) is 9.78 Å². The van der Waals surface area contributed by atoms with Crippen LogP contribution in [0, 0.1) is 0 Å². The fraction of sp³-hybridized carbons (Fsp3) is 0.429. The third kappa shape index (κ3) is 2.71. The molecule has 1 saturated carbocycles. The number of aromatic nitrogens is 1. The van der Waals surface area contributed by atoms with Crippen LogP contribution in [0.2, 0.25) is 0 Å². The molecule has 0 atom stereocenters. The van der Waals surface area contributed by atoms with Crippen molar-refractivity contribution in [1.29, 1.82) is 0 Å². The molecule has 1 fully saturated rings. The molecule has 0 saturated heterocycles. The highest BCUT2D eigenvalue weighted by Gasteiger charge is 2.32. The first-order valence-corrected chi connectivity index (χ1v) is 8.40. The number of nitrogens with zero attached hydrogens (tertiary/aromatic N) is 2. The highest BCUT2D eigenvalue weighted by Crippen LogP contribution is 2.37. The number of carboxylic acids is 1. The number of aryl methyl sites for hydroxylation is 1. The molecule has 0 unspecified atom stereocenters. The molecule has 0 radical (unpaired) electrons. The minimum Gasteiger partial charge on any atom is -0.477 e. The molecule has 4 nitrogen and oxygen atoms in total. The van der Waals surface area contributed by atoms with Crippen LogP contribution in [0.25, 0.3) is 0 Å². The lowest BCUT2D eigenvalue weighted by atomic mass is 10.3. The van der Waals surface area contributed by atoms with E-state index in [0.717, 1.165) is 11.7 Å². The summed E-state index contributed by atoms with van der Waals surface area (Å²) in [4.78, 5) is 19.8. The van der Waals surface area contributed by atoms with Crippen LogP contribution < -0.4 is 4.90 Å². The van der Waals surface area contributed by atoms with Crippen molar-refractivity contribution < 1.29 is 9.90 Å². The first-order valence-electron chi connectivity index (χ1n) is 6.71. The molecule has 1 N–H and O–H groups in total. The summed E-state index contributed by atoms with van der Waals surface area (Å²) in [5.74, 6) is -0.863. The molecule has 3 rings (SSSR count). The van der Waals surface area contributed by atoms with E-state index in [2.05, 4.69) is 21.3 Å². The first-order chi connectivity index (χ1) is 9.69. The molecule has 1 aliphatic rings. The van der Waals surface area contributed by atoms with Gasteiger partial charge in [-0.3, -0.25) is 0 Å². The molecule has 20 heavy (non-hydrogen) atoms. The van der Waals surface area contributed by atoms with Crippen LogP contribution in [0.4, 0.5) is 5.13 Å². The smallest absolute Gasteiger partial charge is 0.347 e. The van der Waals surface area contributed by atoms with Gasteiger partial charge in [-0.2, -0.15) is 0 Å². The normalized spacial score (nSPS) is 14.4. The van der Waals surface area contributed by atoms with Crippen LogP contribution in [-0.2, 0) is 13.0 Å². The second-order valence-electron chi connectivity index (χ2n) is 4.87. The zero-order valence-electron chi connectivity index (χ0n) is 11.2. The van der Waals surface area contributed by atoms with E-state index in [-0.39, 0.29) is 0 Å². The van der Waals surface area contributed by atoms with Crippen molar-refractivity contribution in [3.05, 3.63) is 33.0 Å². The fourth-order valence-electron chi connectivity index (χ4n) is 2.18. The first kappa shape index (κ1) is 13.6. The molecule has 1 aliphatic carbocycles. The monoisotopic (exact) mass is 308 g/mol. The Morgan fingerprint density at radius 3 is 2.85 bits per heavy atom. The van der Waals surface area contributed by atoms with E-state index < -0.39 is 5.97 Å². The molecule has 6 heteroatoms. The van der Waals surface area contributed by atoms with Gasteiger partial charge in [-0.05, 0) is 30.7 Å². The zero-order valence-corrected chi connectivity index (χ0v) is 12.8. The lowest BCUT2D eigenvalue weighted by Gasteiger charge is -2.20. The molecule has 2 heterocycles. The van der Waals surface area contributed by atoms with Crippen LogP contribution in [0.3, 0.4) is 0 Å². The SMILES string of the molecule is CCc1nc(N(Cc2cccs2)C2CC2)sc1C(=O)O. The van der Waals surface area contributed by atoms with Crippen LogP contribution in [0.15, 0.2) is 17.5 Å². The fourth-order valence-corrected chi connectivity index (χ4v) is 3.95. The molecule has 2 aromatic rings. The van der Waals surface area contributed by atoms with Crippen molar-refractivity contribution in [3.8, 4) is 0 Å². The maximum Gasteiger partial charge on any atom is 0.347 e. The third-order valence-corrected chi connectivity index (χ3v) is 5.34. The molecule has 0 amide bonds. The largest absolute Gasteiger partial charge is 0.477 e. The molecular formula is C14H16N2O2S2. The van der Waals surface area contributed by atoms with Gasteiger partial charge in [0, 0.05) is 10.9 Å². The third-order valence-electron chi connectivity index (χ3n) is 3.35. The van der Waals surface area contributed by atoms with E-state index in [1.165, 1.54) is 29.1 Å². The summed E-state index contributed by atoms with van der Waals surface area (Å²) in [5, 5.41) is 12.2. The Kier molecular flexibility index (Phi) is 3.76. The van der Waals surface area contributed by atoms with E-state index in [9.17, 15) is 9.90 Å². The number of hydrogen-bond donors (Lipinski definition) is 1. The number of thiazole rings is 1. The maximum atomic E-state index is 11.3. The van der Waals surface area contributed by atoms with Crippen LogP contribution in [-0.4, -0.2) is 22.1 Å². The highest BCUT2D eigenvalue weighted by molar-refractivity contribution is 7.17. The molecule has 0 aliphatic heterocycles. The van der Waals surface area contributed by atoms with Crippen LogP contribution in [0.1, 0.15) is 40.0 Å². The van der Waals surface area contributed by atoms with Crippen molar-refractivity contribution in [2.45, 2.75) is 38.8 Å². The summed E-state index contributed by atoms with van der Waals surface area (Å²) >= 11 is 3.04. The maximum absolute atomic E-state index is 11.3. The Labute approximate surface area is 125 Å². The Hall–Kier alpha value is -1.40. The van der Waals surface area contributed by atoms with Crippen molar-refractivity contribution in [2.24, 2.45) is 0 Å². The predicted octanol–water partition coefficient (Wildman–Crippen LogP) is 3.63. The van der Waals surface area contributed by atoms with Crippen LogP contribution in [0.5, 0.6) is 0 Å². The van der Waals surface area contributed by atoms with Gasteiger partial charge >= 0.3 is 5.97 Å². The molecule has 0 aromatic carbocycles. The van der Waals surface area contributed by atoms with E-state index in [4.69, 9.17) is 0 Å². The van der Waals surface area contributed by atoms with Gasteiger partial charge < -0.3 is 10.0 Å². The van der Waals surface area contributed by atoms with Gasteiger partial charge in [0.15, 0.2) is 5.13 Å². The summed E-state index contributed by atoms with van der Waals surface area (Å²) in [5.41, 5.74) is 0.703. The van der Waals surface area contributed by atoms with Gasteiger partial charge in [0.25, 0.3) is 0 Å². The van der Waals surface area contributed by atoms with E-state index in [0.29, 0.717) is 23.0 Å². The Balaban J connectivity index is 1.89. The Bertz CT molecular complexity index is 603. The second-order valence-corrected chi connectivity index (χ2v) is 6.88. The molecule has 0 spiro atoms. The van der Waals surface area contributed by atoms with Gasteiger partial charge in [-0.15, -0.1) is 11.3 Å². The van der Waals surface area contributed by atoms with Gasteiger partial charge in [0.05, 0.1) is 12.2 Å². The summed E-state index contributed by atoms with van der Waals surface area (Å²) in [6, 6.07) is 4.69. The number of hydrogen-bond acceptors (Lipinski definition) is 5. The van der Waals surface area contributed by atoms with Crippen LogP contribution >= 0.6 is 22.7 Å². The number of thiophene rings is 1. The Morgan fingerprint density at radius 2 is 2.35 bits per heavy atom. The molecule has 2 aromatic heterocycles. The Morgan fingerprint density at radius 1 is 1.55 bits per heavy atom. The van der Waals surface area contributed by atoms with Crippen molar-refractivity contribution in [2.75, 3.05) is 4.90 Å². The van der Waals surface area contributed by atoms with Gasteiger partial charge in [0.1, 0.15) is 4.88 Å². The quantitative estimate of drug-likeness (QED) is 0.885. The van der Waals surface area contributed by atoms with E-state index in [1.807, 2.05) is 13.0 Å². The molecular weight excluding hydrogens is 292 g/mol. The predicted molar refractivity (Wildman–Crippen MR) is 82.0 cm³/mol. The number of rotatable bonds is 6. The lowest BCUT2D eigenvalue weighted by molar-refractivity contribution is 0.0701. The summed E-state index contributed by atoms with van der Waals surface area (Å²) in [6.07, 6.45) is 3.01. The minimum atomic E-state index is -0.863. The number of carboxylic acid groups (broad SMARTS) is 1. The highest BCUT2D eigenvalue weighted by atomic mass is 32.1. The van der Waals surface area contributed by atoms with Gasteiger partial charge in [0.2, 0.25) is 0 Å².